The van der Waals surface area contributed by atoms with Gasteiger partial charge in [0.05, 0.1) is 17.6 Å². The van der Waals surface area contributed by atoms with E-state index in [1.165, 1.54) is 0 Å². The highest BCUT2D eigenvalue weighted by atomic mass is 15.4. The third-order valence-corrected chi connectivity index (χ3v) is 3.88. The molecule has 21 heavy (non-hydrogen) atoms. The van der Waals surface area contributed by atoms with Crippen LogP contribution in [0.5, 0.6) is 0 Å². The number of rotatable bonds is 2. The van der Waals surface area contributed by atoms with E-state index >= 15 is 0 Å². The number of hydrogen-bond acceptors (Lipinski definition) is 3. The van der Waals surface area contributed by atoms with Crippen molar-refractivity contribution in [3.8, 4) is 0 Å². The van der Waals surface area contributed by atoms with Crippen molar-refractivity contribution < 1.29 is 0 Å². The normalized spacial score (nSPS) is 14.7. The highest BCUT2D eigenvalue weighted by molar-refractivity contribution is 6.10. The third kappa shape index (κ3) is 1.91. The van der Waals surface area contributed by atoms with Gasteiger partial charge in [0.25, 0.3) is 0 Å². The van der Waals surface area contributed by atoms with Crippen LogP contribution in [0, 0.1) is 0 Å². The molecular weight excluding hydrogens is 260 g/mol. The summed E-state index contributed by atoms with van der Waals surface area (Å²) < 4.78 is 2.14. The SMILES string of the molecule is Cn1c(N2CCN=C2c2ccccc2)nc2ccccc21. The molecule has 0 unspecified atom stereocenters. The first-order valence-corrected chi connectivity index (χ1v) is 7.13. The Kier molecular flexibility index (Phi) is 2.74. The molecular formula is C17H16N4. The first-order chi connectivity index (χ1) is 10.3. The van der Waals surface area contributed by atoms with E-state index in [0.29, 0.717) is 0 Å². The lowest BCUT2D eigenvalue weighted by Crippen LogP contribution is -2.30. The van der Waals surface area contributed by atoms with Crippen LogP contribution in [-0.4, -0.2) is 28.5 Å². The lowest BCUT2D eigenvalue weighted by atomic mass is 10.2. The molecule has 0 N–H and O–H groups in total. The Bertz CT molecular complexity index is 817. The van der Waals surface area contributed by atoms with E-state index in [4.69, 9.17) is 4.98 Å². The van der Waals surface area contributed by atoms with Gasteiger partial charge in [0, 0.05) is 19.2 Å². The second-order valence-corrected chi connectivity index (χ2v) is 5.18. The second-order valence-electron chi connectivity index (χ2n) is 5.18. The summed E-state index contributed by atoms with van der Waals surface area (Å²) in [6, 6.07) is 18.5. The Balaban J connectivity index is 1.82. The smallest absolute Gasteiger partial charge is 0.212 e. The van der Waals surface area contributed by atoms with Gasteiger partial charge in [0.2, 0.25) is 5.95 Å². The van der Waals surface area contributed by atoms with Gasteiger partial charge in [0.15, 0.2) is 0 Å². The van der Waals surface area contributed by atoms with E-state index in [9.17, 15) is 0 Å². The molecule has 0 fully saturated rings. The average molecular weight is 276 g/mol. The monoisotopic (exact) mass is 276 g/mol. The van der Waals surface area contributed by atoms with Gasteiger partial charge in [-0.05, 0) is 12.1 Å². The third-order valence-electron chi connectivity index (χ3n) is 3.88. The first kappa shape index (κ1) is 12.1. The van der Waals surface area contributed by atoms with E-state index in [1.54, 1.807) is 0 Å². The van der Waals surface area contributed by atoms with Gasteiger partial charge < -0.3 is 4.57 Å². The van der Waals surface area contributed by atoms with Gasteiger partial charge in [-0.1, -0.05) is 42.5 Å². The van der Waals surface area contributed by atoms with Crippen molar-refractivity contribution in [3.63, 3.8) is 0 Å². The summed E-state index contributed by atoms with van der Waals surface area (Å²) in [6.07, 6.45) is 0. The van der Waals surface area contributed by atoms with Crippen molar-refractivity contribution in [3.05, 3.63) is 60.2 Å². The number of aromatic nitrogens is 2. The Hall–Kier alpha value is -2.62. The number of benzene rings is 2. The Labute approximate surface area is 123 Å². The fourth-order valence-electron chi connectivity index (χ4n) is 2.85. The van der Waals surface area contributed by atoms with Crippen LogP contribution >= 0.6 is 0 Å². The lowest BCUT2D eigenvalue weighted by Gasteiger charge is -2.19. The zero-order valence-corrected chi connectivity index (χ0v) is 11.9. The molecule has 104 valence electrons. The summed E-state index contributed by atoms with van der Waals surface area (Å²) in [5.74, 6) is 1.96. The molecule has 0 saturated heterocycles. The van der Waals surface area contributed by atoms with Gasteiger partial charge >= 0.3 is 0 Å². The van der Waals surface area contributed by atoms with Crippen LogP contribution in [0.1, 0.15) is 5.56 Å². The lowest BCUT2D eigenvalue weighted by molar-refractivity contribution is 0.886. The molecule has 1 aliphatic rings. The molecule has 4 heteroatoms. The van der Waals surface area contributed by atoms with Gasteiger partial charge in [-0.25, -0.2) is 4.98 Å². The fourth-order valence-corrected chi connectivity index (χ4v) is 2.85. The summed E-state index contributed by atoms with van der Waals surface area (Å²) in [6.45, 7) is 1.69. The number of para-hydroxylation sites is 2. The minimum atomic E-state index is 0.813. The number of anilines is 1. The highest BCUT2D eigenvalue weighted by Crippen LogP contribution is 2.24. The molecule has 0 spiro atoms. The Morgan fingerprint density at radius 3 is 2.52 bits per heavy atom. The zero-order valence-electron chi connectivity index (χ0n) is 11.9. The summed E-state index contributed by atoms with van der Waals surface area (Å²) in [5.41, 5.74) is 3.31. The highest BCUT2D eigenvalue weighted by Gasteiger charge is 2.24. The molecule has 0 amide bonds. The molecule has 2 aromatic carbocycles. The van der Waals surface area contributed by atoms with E-state index in [-0.39, 0.29) is 0 Å². The summed E-state index contributed by atoms with van der Waals surface area (Å²) >= 11 is 0. The first-order valence-electron chi connectivity index (χ1n) is 7.13. The maximum Gasteiger partial charge on any atom is 0.212 e. The van der Waals surface area contributed by atoms with Gasteiger partial charge in [-0.15, -0.1) is 0 Å². The fraction of sp³-hybridized carbons (Fsp3) is 0.176. The van der Waals surface area contributed by atoms with Crippen molar-refractivity contribution in [2.45, 2.75) is 0 Å². The van der Waals surface area contributed by atoms with Crippen molar-refractivity contribution in [2.75, 3.05) is 18.0 Å². The Morgan fingerprint density at radius 1 is 0.952 bits per heavy atom. The summed E-state index contributed by atoms with van der Waals surface area (Å²) in [5, 5.41) is 0. The van der Waals surface area contributed by atoms with Crippen molar-refractivity contribution in [1.29, 1.82) is 0 Å². The number of hydrogen-bond donors (Lipinski definition) is 0. The van der Waals surface area contributed by atoms with Gasteiger partial charge in [-0.2, -0.15) is 0 Å². The van der Waals surface area contributed by atoms with E-state index in [2.05, 4.69) is 39.7 Å². The zero-order chi connectivity index (χ0) is 14.2. The molecule has 0 atom stereocenters. The molecule has 0 radical (unpaired) electrons. The molecule has 0 aliphatic carbocycles. The van der Waals surface area contributed by atoms with Crippen molar-refractivity contribution >= 4 is 22.8 Å². The molecule has 2 heterocycles. The van der Waals surface area contributed by atoms with Crippen LogP contribution in [0.3, 0.4) is 0 Å². The standard InChI is InChI=1S/C17H16N4/c1-20-15-10-6-5-9-14(15)19-17(20)21-12-11-18-16(21)13-7-3-2-4-8-13/h2-10H,11-12H2,1H3. The van der Waals surface area contributed by atoms with E-state index < -0.39 is 0 Å². The largest absolute Gasteiger partial charge is 0.313 e. The number of fused-ring (bicyclic) bond motifs is 1. The Morgan fingerprint density at radius 2 is 1.71 bits per heavy atom. The van der Waals surface area contributed by atoms with Crippen LogP contribution in [0.4, 0.5) is 5.95 Å². The molecule has 1 aliphatic heterocycles. The number of aliphatic imine (C=N–C) groups is 1. The molecule has 4 rings (SSSR count). The predicted molar refractivity (Wildman–Crippen MR) is 85.9 cm³/mol. The van der Waals surface area contributed by atoms with Crippen LogP contribution in [0.2, 0.25) is 0 Å². The number of nitrogens with zero attached hydrogens (tertiary/aromatic N) is 4. The maximum absolute atomic E-state index is 4.78. The van der Waals surface area contributed by atoms with Crippen LogP contribution in [-0.2, 0) is 7.05 Å². The number of aryl methyl sites for hydroxylation is 1. The maximum atomic E-state index is 4.78. The molecule has 1 aromatic heterocycles. The summed E-state index contributed by atoms with van der Waals surface area (Å²) in [4.78, 5) is 11.6. The van der Waals surface area contributed by atoms with Crippen LogP contribution in [0.25, 0.3) is 11.0 Å². The van der Waals surface area contributed by atoms with Crippen LogP contribution < -0.4 is 4.90 Å². The van der Waals surface area contributed by atoms with E-state index in [0.717, 1.165) is 41.5 Å². The minimum Gasteiger partial charge on any atom is -0.313 e. The predicted octanol–water partition coefficient (Wildman–Crippen LogP) is 2.84. The quantitative estimate of drug-likeness (QED) is 0.721. The number of imidazole rings is 1. The van der Waals surface area contributed by atoms with Crippen molar-refractivity contribution in [1.82, 2.24) is 9.55 Å². The summed E-state index contributed by atoms with van der Waals surface area (Å²) in [7, 11) is 2.06. The average Bonchev–Trinajstić information content (AvgIpc) is 3.13. The van der Waals surface area contributed by atoms with Crippen LogP contribution in [0.15, 0.2) is 59.6 Å². The number of amidine groups is 1. The topological polar surface area (TPSA) is 33.4 Å². The molecule has 0 bridgehead atoms. The molecule has 4 nitrogen and oxygen atoms in total. The van der Waals surface area contributed by atoms with Gasteiger partial charge in [-0.3, -0.25) is 9.89 Å². The van der Waals surface area contributed by atoms with Gasteiger partial charge in [0.1, 0.15) is 5.84 Å². The molecule has 3 aromatic rings. The van der Waals surface area contributed by atoms with Crippen molar-refractivity contribution in [2.24, 2.45) is 12.0 Å². The second kappa shape index (κ2) is 4.74. The minimum absolute atomic E-state index is 0.813. The van der Waals surface area contributed by atoms with E-state index in [1.807, 2.05) is 36.4 Å². The molecule has 0 saturated carbocycles.